The Morgan fingerprint density at radius 2 is 1.87 bits per heavy atom. The van der Waals surface area contributed by atoms with Crippen LogP contribution in [0.15, 0.2) is 45.9 Å². The van der Waals surface area contributed by atoms with E-state index < -0.39 is 15.6 Å². The van der Waals surface area contributed by atoms with E-state index in [-0.39, 0.29) is 10.8 Å². The van der Waals surface area contributed by atoms with E-state index in [4.69, 9.17) is 4.42 Å². The predicted octanol–water partition coefficient (Wildman–Crippen LogP) is 2.92. The monoisotopic (exact) mass is 336 g/mol. The number of anilines is 1. The van der Waals surface area contributed by atoms with Crippen molar-refractivity contribution in [1.82, 2.24) is 4.72 Å². The van der Waals surface area contributed by atoms with Crippen molar-refractivity contribution in [2.75, 3.05) is 5.32 Å². The maximum Gasteiger partial charge on any atom is 0.259 e. The van der Waals surface area contributed by atoms with Crippen molar-refractivity contribution in [3.63, 3.8) is 0 Å². The van der Waals surface area contributed by atoms with Gasteiger partial charge in [-0.2, -0.15) is 0 Å². The fourth-order valence-corrected chi connectivity index (χ4v) is 3.49. The quantitative estimate of drug-likeness (QED) is 0.898. The van der Waals surface area contributed by atoms with E-state index in [2.05, 4.69) is 10.0 Å². The number of furan rings is 1. The van der Waals surface area contributed by atoms with Crippen LogP contribution >= 0.6 is 0 Å². The van der Waals surface area contributed by atoms with Gasteiger partial charge in [-0.25, -0.2) is 13.1 Å². The second kappa shape index (κ2) is 6.17. The standard InChI is InChI=1S/C16H20N2O4S/c1-11-14(8-9-22-11)15(19)17-12-6-5-7-13(10-12)23(20,21)18-16(2,3)4/h5-10,18H,1-4H3,(H,17,19). The summed E-state index contributed by atoms with van der Waals surface area (Å²) in [5, 5.41) is 2.67. The molecule has 2 rings (SSSR count). The van der Waals surface area contributed by atoms with E-state index in [1.54, 1.807) is 45.9 Å². The van der Waals surface area contributed by atoms with Gasteiger partial charge in [0.15, 0.2) is 0 Å². The molecule has 1 heterocycles. The van der Waals surface area contributed by atoms with Gasteiger partial charge in [0.2, 0.25) is 10.0 Å². The molecular formula is C16H20N2O4S. The van der Waals surface area contributed by atoms with E-state index in [1.807, 2.05) is 0 Å². The van der Waals surface area contributed by atoms with Gasteiger partial charge in [0.05, 0.1) is 16.7 Å². The summed E-state index contributed by atoms with van der Waals surface area (Å²) in [5.74, 6) is 0.148. The predicted molar refractivity (Wildman–Crippen MR) is 87.9 cm³/mol. The van der Waals surface area contributed by atoms with E-state index >= 15 is 0 Å². The van der Waals surface area contributed by atoms with Crippen LogP contribution in [0.5, 0.6) is 0 Å². The number of rotatable bonds is 4. The highest BCUT2D eigenvalue weighted by molar-refractivity contribution is 7.89. The topological polar surface area (TPSA) is 88.4 Å². The minimum atomic E-state index is -3.66. The molecule has 23 heavy (non-hydrogen) atoms. The molecule has 0 aliphatic heterocycles. The molecule has 0 radical (unpaired) electrons. The molecule has 1 aromatic carbocycles. The van der Waals surface area contributed by atoms with Crippen LogP contribution in [0.3, 0.4) is 0 Å². The Morgan fingerprint density at radius 3 is 2.43 bits per heavy atom. The number of sulfonamides is 1. The molecule has 1 aromatic heterocycles. The van der Waals surface area contributed by atoms with Crippen LogP contribution < -0.4 is 10.0 Å². The zero-order valence-electron chi connectivity index (χ0n) is 13.5. The Hall–Kier alpha value is -2.12. The number of aryl methyl sites for hydroxylation is 1. The molecule has 0 unspecified atom stereocenters. The molecule has 6 nitrogen and oxygen atoms in total. The van der Waals surface area contributed by atoms with Gasteiger partial charge < -0.3 is 9.73 Å². The molecule has 0 atom stereocenters. The number of carbonyl (C=O) groups is 1. The zero-order valence-corrected chi connectivity index (χ0v) is 14.3. The molecule has 7 heteroatoms. The van der Waals surface area contributed by atoms with Gasteiger partial charge in [-0.15, -0.1) is 0 Å². The van der Waals surface area contributed by atoms with Crippen molar-refractivity contribution in [3.8, 4) is 0 Å². The molecule has 2 N–H and O–H groups in total. The van der Waals surface area contributed by atoms with Crippen LogP contribution in [0.2, 0.25) is 0 Å². The largest absolute Gasteiger partial charge is 0.469 e. The zero-order chi connectivity index (χ0) is 17.3. The minimum absolute atomic E-state index is 0.0918. The molecule has 2 aromatic rings. The summed E-state index contributed by atoms with van der Waals surface area (Å²) >= 11 is 0. The number of hydrogen-bond donors (Lipinski definition) is 2. The average Bonchev–Trinajstić information content (AvgIpc) is 2.82. The molecular weight excluding hydrogens is 316 g/mol. The lowest BCUT2D eigenvalue weighted by molar-refractivity contribution is 0.102. The van der Waals surface area contributed by atoms with Crippen LogP contribution in [0, 0.1) is 6.92 Å². The third kappa shape index (κ3) is 4.43. The van der Waals surface area contributed by atoms with Crippen molar-refractivity contribution in [3.05, 3.63) is 47.9 Å². The van der Waals surface area contributed by atoms with E-state index in [0.717, 1.165) is 0 Å². The normalized spacial score (nSPS) is 12.2. The lowest BCUT2D eigenvalue weighted by atomic mass is 10.1. The average molecular weight is 336 g/mol. The van der Waals surface area contributed by atoms with E-state index in [0.29, 0.717) is 17.0 Å². The molecule has 0 aliphatic carbocycles. The summed E-state index contributed by atoms with van der Waals surface area (Å²) in [4.78, 5) is 12.2. The fourth-order valence-electron chi connectivity index (χ4n) is 2.02. The lowest BCUT2D eigenvalue weighted by Crippen LogP contribution is -2.40. The van der Waals surface area contributed by atoms with Gasteiger partial charge in [-0.3, -0.25) is 4.79 Å². The highest BCUT2D eigenvalue weighted by atomic mass is 32.2. The second-order valence-electron chi connectivity index (χ2n) is 6.23. The lowest BCUT2D eigenvalue weighted by Gasteiger charge is -2.20. The smallest absolute Gasteiger partial charge is 0.259 e. The van der Waals surface area contributed by atoms with Crippen molar-refractivity contribution in [2.24, 2.45) is 0 Å². The molecule has 0 aliphatic rings. The van der Waals surface area contributed by atoms with Crippen LogP contribution in [-0.2, 0) is 10.0 Å². The Bertz CT molecular complexity index is 817. The highest BCUT2D eigenvalue weighted by Gasteiger charge is 2.22. The number of benzene rings is 1. The number of carbonyl (C=O) groups excluding carboxylic acids is 1. The molecule has 0 saturated heterocycles. The third-order valence-electron chi connectivity index (χ3n) is 2.95. The summed E-state index contributed by atoms with van der Waals surface area (Å²) < 4.78 is 32.3. The first-order valence-electron chi connectivity index (χ1n) is 7.08. The summed E-state index contributed by atoms with van der Waals surface area (Å²) in [7, 11) is -3.66. The SMILES string of the molecule is Cc1occc1C(=O)Nc1cccc(S(=O)(=O)NC(C)(C)C)c1. The van der Waals surface area contributed by atoms with Crippen LogP contribution in [0.1, 0.15) is 36.9 Å². The molecule has 0 fully saturated rings. The van der Waals surface area contributed by atoms with Crippen LogP contribution in [0.4, 0.5) is 5.69 Å². The van der Waals surface area contributed by atoms with Crippen molar-refractivity contribution in [1.29, 1.82) is 0 Å². The first kappa shape index (κ1) is 17.2. The maximum atomic E-state index is 12.3. The molecule has 1 amide bonds. The first-order chi connectivity index (χ1) is 10.6. The van der Waals surface area contributed by atoms with E-state index in [1.165, 1.54) is 18.4 Å². The Morgan fingerprint density at radius 1 is 1.17 bits per heavy atom. The number of nitrogens with one attached hydrogen (secondary N) is 2. The Labute approximate surface area is 135 Å². The summed E-state index contributed by atoms with van der Waals surface area (Å²) in [6, 6.07) is 7.67. The van der Waals surface area contributed by atoms with Gasteiger partial charge in [0.1, 0.15) is 5.76 Å². The minimum Gasteiger partial charge on any atom is -0.469 e. The van der Waals surface area contributed by atoms with Gasteiger partial charge in [0.25, 0.3) is 5.91 Å². The summed E-state index contributed by atoms with van der Waals surface area (Å²) in [6.45, 7) is 6.97. The molecule has 124 valence electrons. The second-order valence-corrected chi connectivity index (χ2v) is 7.91. The van der Waals surface area contributed by atoms with Gasteiger partial charge in [0, 0.05) is 11.2 Å². The molecule has 0 saturated carbocycles. The highest BCUT2D eigenvalue weighted by Crippen LogP contribution is 2.19. The van der Waals surface area contributed by atoms with Crippen molar-refractivity contribution < 1.29 is 17.6 Å². The first-order valence-corrected chi connectivity index (χ1v) is 8.56. The molecule has 0 bridgehead atoms. The number of amides is 1. The number of hydrogen-bond acceptors (Lipinski definition) is 4. The fraction of sp³-hybridized carbons (Fsp3) is 0.312. The van der Waals surface area contributed by atoms with Gasteiger partial charge in [-0.1, -0.05) is 6.07 Å². The van der Waals surface area contributed by atoms with Crippen molar-refractivity contribution in [2.45, 2.75) is 38.1 Å². The maximum absolute atomic E-state index is 12.3. The summed E-state index contributed by atoms with van der Waals surface area (Å²) in [5.41, 5.74) is 0.213. The Kier molecular flexibility index (Phi) is 4.63. The van der Waals surface area contributed by atoms with Crippen LogP contribution in [-0.4, -0.2) is 19.9 Å². The van der Waals surface area contributed by atoms with Crippen LogP contribution in [0.25, 0.3) is 0 Å². The third-order valence-corrected chi connectivity index (χ3v) is 4.70. The summed E-state index contributed by atoms with van der Waals surface area (Å²) in [6.07, 6.45) is 1.43. The van der Waals surface area contributed by atoms with E-state index in [9.17, 15) is 13.2 Å². The van der Waals surface area contributed by atoms with Gasteiger partial charge in [-0.05, 0) is 52.0 Å². The Balaban J connectivity index is 2.24. The van der Waals surface area contributed by atoms with Crippen molar-refractivity contribution >= 4 is 21.6 Å². The molecule has 0 spiro atoms. The van der Waals surface area contributed by atoms with Gasteiger partial charge >= 0.3 is 0 Å².